The van der Waals surface area contributed by atoms with E-state index in [4.69, 9.17) is 0 Å². The van der Waals surface area contributed by atoms with E-state index in [2.05, 4.69) is 6.92 Å². The Bertz CT molecular complexity index is 331. The number of halogens is 3. The van der Waals surface area contributed by atoms with Gasteiger partial charge in [-0.15, -0.1) is 0 Å². The highest BCUT2D eigenvalue weighted by Gasteiger charge is 2.08. The van der Waals surface area contributed by atoms with Crippen molar-refractivity contribution in [3.8, 4) is 0 Å². The lowest BCUT2D eigenvalue weighted by atomic mass is 9.98. The Morgan fingerprint density at radius 2 is 1.53 bits per heavy atom. The average molecular weight is 213 g/mol. The van der Waals surface area contributed by atoms with Crippen molar-refractivity contribution in [3.63, 3.8) is 0 Å². The lowest BCUT2D eigenvalue weighted by Crippen LogP contribution is -1.95. The first-order valence-electron chi connectivity index (χ1n) is 4.55. The molecule has 0 saturated carbocycles. The molecule has 0 aliphatic carbocycles. The molecule has 0 aromatic heterocycles. The Hall–Kier alpha value is -1.25. The van der Waals surface area contributed by atoms with E-state index in [1.54, 1.807) is 0 Å². The van der Waals surface area contributed by atoms with Crippen LogP contribution in [0.1, 0.15) is 22.3 Å². The van der Waals surface area contributed by atoms with Crippen LogP contribution < -0.4 is 0 Å². The molecule has 0 saturated heterocycles. The quantitative estimate of drug-likeness (QED) is 0.710. The summed E-state index contributed by atoms with van der Waals surface area (Å²) in [4.78, 5) is 0. The fourth-order valence-electron chi connectivity index (χ4n) is 1.48. The number of rotatable bonds is 4. The molecule has 0 spiro atoms. The normalized spacial score (nSPS) is 11.2. The van der Waals surface area contributed by atoms with Crippen LogP contribution >= 0.6 is 0 Å². The Labute approximate surface area is 87.4 Å². The van der Waals surface area contributed by atoms with E-state index >= 15 is 0 Å². The summed E-state index contributed by atoms with van der Waals surface area (Å²) in [5.74, 6) is 0. The summed E-state index contributed by atoms with van der Waals surface area (Å²) in [7, 11) is 0. The van der Waals surface area contributed by atoms with E-state index in [-0.39, 0.29) is 0 Å². The third-order valence-electron chi connectivity index (χ3n) is 2.14. The number of hydrogen-bond acceptors (Lipinski definition) is 0. The molecule has 15 heavy (non-hydrogen) atoms. The maximum atomic E-state index is 12.6. The molecule has 0 bridgehead atoms. The zero-order valence-electron chi connectivity index (χ0n) is 8.27. The smallest absolute Gasteiger partial charge is 0.115 e. The molecule has 0 fully saturated rings. The van der Waals surface area contributed by atoms with Gasteiger partial charge in [0.1, 0.15) is 20.0 Å². The van der Waals surface area contributed by atoms with Gasteiger partial charge >= 0.3 is 0 Å². The predicted molar refractivity (Wildman–Crippen MR) is 55.3 cm³/mol. The highest BCUT2D eigenvalue weighted by molar-refractivity contribution is 5.59. The van der Waals surface area contributed by atoms with Gasteiger partial charge in [-0.1, -0.05) is 12.2 Å². The van der Waals surface area contributed by atoms with Crippen LogP contribution in [0, 0.1) is 6.92 Å². The van der Waals surface area contributed by atoms with Gasteiger partial charge in [-0.3, -0.25) is 0 Å². The van der Waals surface area contributed by atoms with Crippen molar-refractivity contribution in [2.75, 3.05) is 0 Å². The van der Waals surface area contributed by atoms with E-state index in [1.807, 2.05) is 0 Å². The van der Waals surface area contributed by atoms with Gasteiger partial charge in [-0.25, -0.2) is 13.2 Å². The molecule has 0 aliphatic rings. The molecule has 0 atom stereocenters. The van der Waals surface area contributed by atoms with E-state index < -0.39 is 20.0 Å². The van der Waals surface area contributed by atoms with Crippen LogP contribution in [0.15, 0.2) is 18.2 Å². The topological polar surface area (TPSA) is 0 Å². The van der Waals surface area contributed by atoms with Crippen molar-refractivity contribution in [1.29, 1.82) is 0 Å². The summed E-state index contributed by atoms with van der Waals surface area (Å²) >= 11 is 0. The van der Waals surface area contributed by atoms with Gasteiger partial charge in [0.2, 0.25) is 0 Å². The zero-order chi connectivity index (χ0) is 11.3. The molecule has 0 unspecified atom stereocenters. The Kier molecular flexibility index (Phi) is 4.40. The first-order valence-corrected chi connectivity index (χ1v) is 4.55. The fraction of sp³-hybridized carbons (Fsp3) is 0.250. The van der Waals surface area contributed by atoms with E-state index in [1.165, 1.54) is 24.3 Å². The van der Waals surface area contributed by atoms with Crippen LogP contribution in [0.5, 0.6) is 0 Å². The molecule has 0 amide bonds. The monoisotopic (exact) mass is 213 g/mol. The SMILES string of the molecule is [CH2]/C=C/c1c(CF)cc(CF)cc1CF. The molecule has 1 rings (SSSR count). The number of benzene rings is 1. The lowest BCUT2D eigenvalue weighted by molar-refractivity contribution is 0.464. The number of alkyl halides is 3. The van der Waals surface area contributed by atoms with Crippen molar-refractivity contribution in [3.05, 3.63) is 47.4 Å². The first kappa shape index (κ1) is 11.8. The van der Waals surface area contributed by atoms with Crippen molar-refractivity contribution in [1.82, 2.24) is 0 Å². The molecular weight excluding hydrogens is 201 g/mol. The van der Waals surface area contributed by atoms with Crippen LogP contribution in [0.2, 0.25) is 0 Å². The van der Waals surface area contributed by atoms with Crippen molar-refractivity contribution >= 4 is 6.08 Å². The van der Waals surface area contributed by atoms with Gasteiger partial charge in [0.15, 0.2) is 0 Å². The highest BCUT2D eigenvalue weighted by Crippen LogP contribution is 2.22. The predicted octanol–water partition coefficient (Wildman–Crippen LogP) is 3.94. The van der Waals surface area contributed by atoms with Gasteiger partial charge in [0.05, 0.1) is 0 Å². The molecule has 1 radical (unpaired) electrons. The van der Waals surface area contributed by atoms with Gasteiger partial charge in [0, 0.05) is 0 Å². The summed E-state index contributed by atoms with van der Waals surface area (Å²) in [5.41, 5.74) is 1.37. The highest BCUT2D eigenvalue weighted by atomic mass is 19.1. The van der Waals surface area contributed by atoms with Crippen molar-refractivity contribution < 1.29 is 13.2 Å². The molecule has 0 N–H and O–H groups in total. The minimum Gasteiger partial charge on any atom is -0.246 e. The number of hydrogen-bond donors (Lipinski definition) is 0. The molecule has 0 nitrogen and oxygen atoms in total. The minimum absolute atomic E-state index is 0.302. The lowest BCUT2D eigenvalue weighted by Gasteiger charge is -2.09. The Balaban J connectivity index is 3.32. The van der Waals surface area contributed by atoms with E-state index in [0.29, 0.717) is 22.3 Å². The largest absolute Gasteiger partial charge is 0.246 e. The molecule has 3 heteroatoms. The zero-order valence-corrected chi connectivity index (χ0v) is 8.27. The molecular formula is C12H12F3. The molecule has 1 aromatic rings. The second-order valence-corrected chi connectivity index (χ2v) is 3.13. The minimum atomic E-state index is -0.736. The van der Waals surface area contributed by atoms with Gasteiger partial charge in [-0.05, 0) is 41.3 Å². The van der Waals surface area contributed by atoms with Crippen LogP contribution in [-0.2, 0) is 20.0 Å². The number of allylic oxidation sites excluding steroid dienone is 1. The van der Waals surface area contributed by atoms with Gasteiger partial charge < -0.3 is 0 Å². The summed E-state index contributed by atoms with van der Waals surface area (Å²) < 4.78 is 37.7. The second-order valence-electron chi connectivity index (χ2n) is 3.13. The Morgan fingerprint density at radius 1 is 1.00 bits per heavy atom. The molecule has 0 aliphatic heterocycles. The summed E-state index contributed by atoms with van der Waals surface area (Å²) in [6, 6.07) is 2.82. The van der Waals surface area contributed by atoms with E-state index in [0.717, 1.165) is 0 Å². The standard InChI is InChI=1S/C12H12F3/c1-2-3-12-10(7-14)4-9(6-13)5-11(12)8-15/h2-5H,1,6-8H2/b3-2+. The van der Waals surface area contributed by atoms with Crippen LogP contribution in [-0.4, -0.2) is 0 Å². The summed E-state index contributed by atoms with van der Waals surface area (Å²) in [5, 5.41) is 0. The maximum Gasteiger partial charge on any atom is 0.115 e. The average Bonchev–Trinajstić information content (AvgIpc) is 2.29. The summed E-state index contributed by atoms with van der Waals surface area (Å²) in [6.45, 7) is 1.29. The Morgan fingerprint density at radius 3 is 1.87 bits per heavy atom. The van der Waals surface area contributed by atoms with Crippen molar-refractivity contribution in [2.24, 2.45) is 0 Å². The van der Waals surface area contributed by atoms with Crippen LogP contribution in [0.4, 0.5) is 13.2 Å². The first-order chi connectivity index (χ1) is 7.26. The molecule has 81 valence electrons. The van der Waals surface area contributed by atoms with E-state index in [9.17, 15) is 13.2 Å². The van der Waals surface area contributed by atoms with Gasteiger partial charge in [0.25, 0.3) is 0 Å². The third kappa shape index (κ3) is 2.61. The molecule has 0 heterocycles. The third-order valence-corrected chi connectivity index (χ3v) is 2.14. The fourth-order valence-corrected chi connectivity index (χ4v) is 1.48. The van der Waals surface area contributed by atoms with Crippen LogP contribution in [0.3, 0.4) is 0 Å². The summed E-state index contributed by atoms with van der Waals surface area (Å²) in [6.07, 6.45) is 2.99. The van der Waals surface area contributed by atoms with Crippen molar-refractivity contribution in [2.45, 2.75) is 20.0 Å². The van der Waals surface area contributed by atoms with Gasteiger partial charge in [-0.2, -0.15) is 0 Å². The van der Waals surface area contributed by atoms with Crippen LogP contribution in [0.25, 0.3) is 6.08 Å². The maximum absolute atomic E-state index is 12.6. The second kappa shape index (κ2) is 5.59. The molecule has 1 aromatic carbocycles.